The number of hydrogen-bond donors (Lipinski definition) is 0. The van der Waals surface area contributed by atoms with Crippen LogP contribution >= 0.6 is 0 Å². The number of carbonyl (C=O) groups is 1. The van der Waals surface area contributed by atoms with Crippen molar-refractivity contribution in [3.05, 3.63) is 24.3 Å². The average Bonchev–Trinajstić information content (AvgIpc) is 2.29. The van der Waals surface area contributed by atoms with Crippen molar-refractivity contribution in [3.63, 3.8) is 0 Å². The number of ether oxygens (including phenoxy) is 1. The fraction of sp³-hybridized carbons (Fsp3) is 0.462. The van der Waals surface area contributed by atoms with Crippen LogP contribution in [-0.2, 0) is 14.6 Å². The lowest BCUT2D eigenvalue weighted by Crippen LogP contribution is -2.20. The zero-order chi connectivity index (χ0) is 13.8. The highest BCUT2D eigenvalue weighted by molar-refractivity contribution is 7.92. The van der Waals surface area contributed by atoms with Crippen LogP contribution < -0.4 is 4.74 Å². The van der Waals surface area contributed by atoms with Gasteiger partial charge in [0.1, 0.15) is 11.5 Å². The molecule has 0 fully saturated rings. The molecule has 0 saturated heterocycles. The Hall–Kier alpha value is -1.36. The first-order valence-electron chi connectivity index (χ1n) is 5.84. The lowest BCUT2D eigenvalue weighted by atomic mass is 10.2. The van der Waals surface area contributed by atoms with E-state index in [1.807, 2.05) is 6.92 Å². The Morgan fingerprint density at radius 3 is 2.28 bits per heavy atom. The van der Waals surface area contributed by atoms with Crippen LogP contribution in [-0.4, -0.2) is 26.1 Å². The Morgan fingerprint density at radius 1 is 1.28 bits per heavy atom. The van der Waals surface area contributed by atoms with E-state index in [-0.39, 0.29) is 17.1 Å². The van der Waals surface area contributed by atoms with E-state index in [4.69, 9.17) is 4.74 Å². The van der Waals surface area contributed by atoms with Crippen molar-refractivity contribution in [1.82, 2.24) is 0 Å². The lowest BCUT2D eigenvalue weighted by Gasteiger charge is -2.12. The van der Waals surface area contributed by atoms with Gasteiger partial charge in [0.2, 0.25) is 0 Å². The Morgan fingerprint density at radius 2 is 1.83 bits per heavy atom. The Labute approximate surface area is 108 Å². The van der Waals surface area contributed by atoms with Crippen molar-refractivity contribution in [2.45, 2.75) is 37.3 Å². The third-order valence-corrected chi connectivity index (χ3v) is 4.72. The van der Waals surface area contributed by atoms with Gasteiger partial charge in [-0.2, -0.15) is 0 Å². The van der Waals surface area contributed by atoms with Gasteiger partial charge in [0.25, 0.3) is 0 Å². The molecular weight excluding hydrogens is 252 g/mol. The van der Waals surface area contributed by atoms with Crippen LogP contribution in [0.3, 0.4) is 0 Å². The summed E-state index contributed by atoms with van der Waals surface area (Å²) in [6, 6.07) is 6.27. The summed E-state index contributed by atoms with van der Waals surface area (Å²) in [6.07, 6.45) is 0.0372. The van der Waals surface area contributed by atoms with Crippen LogP contribution in [0.1, 0.15) is 27.2 Å². The third-order valence-electron chi connectivity index (χ3n) is 2.57. The molecule has 1 atom stereocenters. The largest absolute Gasteiger partial charge is 0.494 e. The Kier molecular flexibility index (Phi) is 4.90. The van der Waals surface area contributed by atoms with Gasteiger partial charge in [0.15, 0.2) is 9.84 Å². The molecule has 0 aliphatic heterocycles. The van der Waals surface area contributed by atoms with Crippen molar-refractivity contribution in [3.8, 4) is 5.75 Å². The molecule has 1 aromatic rings. The van der Waals surface area contributed by atoms with Gasteiger partial charge < -0.3 is 4.74 Å². The summed E-state index contributed by atoms with van der Waals surface area (Å²) in [5.74, 6) is 0.507. The van der Waals surface area contributed by atoms with Crippen molar-refractivity contribution in [1.29, 1.82) is 0 Å². The number of rotatable bonds is 6. The van der Waals surface area contributed by atoms with Gasteiger partial charge in [-0.1, -0.05) is 0 Å². The quantitative estimate of drug-likeness (QED) is 0.795. The molecule has 18 heavy (non-hydrogen) atoms. The first kappa shape index (κ1) is 14.7. The van der Waals surface area contributed by atoms with Crippen molar-refractivity contribution in [2.75, 3.05) is 6.61 Å². The van der Waals surface area contributed by atoms with Gasteiger partial charge in [-0.15, -0.1) is 0 Å². The number of hydrogen-bond acceptors (Lipinski definition) is 4. The highest BCUT2D eigenvalue weighted by atomic mass is 32.2. The Balaban J connectivity index is 2.94. The van der Waals surface area contributed by atoms with E-state index in [2.05, 4.69) is 0 Å². The van der Waals surface area contributed by atoms with E-state index < -0.39 is 15.1 Å². The normalized spacial score (nSPS) is 13.1. The van der Waals surface area contributed by atoms with E-state index in [9.17, 15) is 13.2 Å². The van der Waals surface area contributed by atoms with Crippen LogP contribution in [0.5, 0.6) is 5.75 Å². The minimum atomic E-state index is -3.44. The molecule has 0 N–H and O–H groups in total. The van der Waals surface area contributed by atoms with Gasteiger partial charge in [-0.25, -0.2) is 8.42 Å². The smallest absolute Gasteiger partial charge is 0.181 e. The molecule has 0 bridgehead atoms. The van der Waals surface area contributed by atoms with E-state index in [0.29, 0.717) is 12.4 Å². The molecular formula is C13H18O4S. The van der Waals surface area contributed by atoms with Gasteiger partial charge >= 0.3 is 0 Å². The maximum Gasteiger partial charge on any atom is 0.181 e. The van der Waals surface area contributed by atoms with Crippen molar-refractivity contribution >= 4 is 15.6 Å². The molecule has 1 rings (SSSR count). The summed E-state index contributed by atoms with van der Waals surface area (Å²) in [7, 11) is -3.44. The average molecular weight is 270 g/mol. The predicted octanol–water partition coefficient (Wildman–Crippen LogP) is 2.23. The minimum Gasteiger partial charge on any atom is -0.494 e. The van der Waals surface area contributed by atoms with Gasteiger partial charge in [-0.05, 0) is 45.0 Å². The molecule has 0 saturated carbocycles. The summed E-state index contributed by atoms with van der Waals surface area (Å²) in [4.78, 5) is 11.2. The van der Waals surface area contributed by atoms with Crippen LogP contribution in [0.15, 0.2) is 29.2 Å². The van der Waals surface area contributed by atoms with Gasteiger partial charge in [-0.3, -0.25) is 4.79 Å². The topological polar surface area (TPSA) is 60.4 Å². The molecule has 0 aromatic heterocycles. The van der Waals surface area contributed by atoms with Crippen LogP contribution in [0, 0.1) is 0 Å². The molecule has 0 spiro atoms. The first-order chi connectivity index (χ1) is 8.37. The maximum atomic E-state index is 12.1. The van der Waals surface area contributed by atoms with Crippen LogP contribution in [0.4, 0.5) is 0 Å². The van der Waals surface area contributed by atoms with Gasteiger partial charge in [0, 0.05) is 6.42 Å². The molecule has 0 aliphatic carbocycles. The number of ketones is 1. The monoisotopic (exact) mass is 270 g/mol. The van der Waals surface area contributed by atoms with E-state index in [1.54, 1.807) is 19.1 Å². The number of carbonyl (C=O) groups excluding carboxylic acids is 1. The number of benzene rings is 1. The molecule has 0 radical (unpaired) electrons. The highest BCUT2D eigenvalue weighted by Gasteiger charge is 2.24. The SMILES string of the molecule is CCOc1ccc(S(=O)(=O)C(C)CC(C)=O)cc1. The van der Waals surface area contributed by atoms with E-state index in [0.717, 1.165) is 0 Å². The second-order valence-corrected chi connectivity index (χ2v) is 6.53. The highest BCUT2D eigenvalue weighted by Crippen LogP contribution is 2.21. The van der Waals surface area contributed by atoms with E-state index in [1.165, 1.54) is 19.1 Å². The fourth-order valence-electron chi connectivity index (χ4n) is 1.64. The second-order valence-electron chi connectivity index (χ2n) is 4.17. The number of Topliss-reactive ketones (excluding diaryl/α,β-unsaturated/α-hetero) is 1. The number of sulfone groups is 1. The summed E-state index contributed by atoms with van der Waals surface area (Å²) >= 11 is 0. The molecule has 0 amide bonds. The van der Waals surface area contributed by atoms with Crippen molar-refractivity contribution < 1.29 is 17.9 Å². The summed E-state index contributed by atoms with van der Waals surface area (Å²) < 4.78 is 29.5. The van der Waals surface area contributed by atoms with Crippen molar-refractivity contribution in [2.24, 2.45) is 0 Å². The Bertz CT molecular complexity index is 502. The minimum absolute atomic E-state index is 0.0372. The molecule has 1 aromatic carbocycles. The summed E-state index contributed by atoms with van der Waals surface area (Å²) in [5, 5.41) is -0.701. The van der Waals surface area contributed by atoms with E-state index >= 15 is 0 Å². The fourth-order valence-corrected chi connectivity index (χ4v) is 3.07. The molecule has 0 heterocycles. The zero-order valence-electron chi connectivity index (χ0n) is 10.8. The zero-order valence-corrected chi connectivity index (χ0v) is 11.7. The maximum absolute atomic E-state index is 12.1. The van der Waals surface area contributed by atoms with Crippen LogP contribution in [0.25, 0.3) is 0 Å². The molecule has 4 nitrogen and oxygen atoms in total. The third kappa shape index (κ3) is 3.57. The van der Waals surface area contributed by atoms with Gasteiger partial charge in [0.05, 0.1) is 16.8 Å². The summed E-state index contributed by atoms with van der Waals surface area (Å²) in [6.45, 7) is 5.34. The second kappa shape index (κ2) is 6.00. The summed E-state index contributed by atoms with van der Waals surface area (Å²) in [5.41, 5.74) is 0. The van der Waals surface area contributed by atoms with Crippen LogP contribution in [0.2, 0.25) is 0 Å². The lowest BCUT2D eigenvalue weighted by molar-refractivity contribution is -0.116. The molecule has 5 heteroatoms. The molecule has 100 valence electrons. The molecule has 0 aliphatic rings. The predicted molar refractivity (Wildman–Crippen MR) is 69.6 cm³/mol. The first-order valence-corrected chi connectivity index (χ1v) is 7.38. The molecule has 1 unspecified atom stereocenters. The standard InChI is InChI=1S/C13H18O4S/c1-4-17-12-5-7-13(8-6-12)18(15,16)11(3)9-10(2)14/h5-8,11H,4,9H2,1-3H3.